The van der Waals surface area contributed by atoms with E-state index in [4.69, 9.17) is 4.52 Å². The van der Waals surface area contributed by atoms with Gasteiger partial charge in [0.15, 0.2) is 5.82 Å². The third-order valence-electron chi connectivity index (χ3n) is 3.64. The van der Waals surface area contributed by atoms with Crippen LogP contribution in [0.25, 0.3) is 0 Å². The number of carbonyl (C=O) groups excluding carboxylic acids is 1. The second-order valence-corrected chi connectivity index (χ2v) is 6.81. The number of aromatic nitrogens is 2. The van der Waals surface area contributed by atoms with E-state index in [9.17, 15) is 4.79 Å². The number of aryl methyl sites for hydroxylation is 1. The molecular weight excluding hydrogens is 268 g/mol. The van der Waals surface area contributed by atoms with Gasteiger partial charge in [-0.2, -0.15) is 4.98 Å². The first-order valence-corrected chi connectivity index (χ1v) is 7.70. The van der Waals surface area contributed by atoms with E-state index in [1.807, 2.05) is 4.90 Å². The summed E-state index contributed by atoms with van der Waals surface area (Å²) in [5.41, 5.74) is -0.103. The molecule has 0 spiro atoms. The molecule has 1 amide bonds. The van der Waals surface area contributed by atoms with Gasteiger partial charge in [-0.25, -0.2) is 0 Å². The van der Waals surface area contributed by atoms with Gasteiger partial charge in [0, 0.05) is 43.9 Å². The van der Waals surface area contributed by atoms with Crippen molar-refractivity contribution in [2.75, 3.05) is 19.6 Å². The average molecular weight is 294 g/mol. The number of amides is 1. The molecular formula is C15H26N4O2. The number of hydrogen-bond acceptors (Lipinski definition) is 5. The molecule has 1 saturated heterocycles. The van der Waals surface area contributed by atoms with Gasteiger partial charge in [-0.05, 0) is 13.3 Å². The standard InChI is InChI=1S/C15H26N4O2/c1-11-10-19(9-8-16-11)13(20)7-5-6-12-17-14(18-21-12)15(2,3)4/h11,16H,5-10H2,1-4H3. The molecule has 0 radical (unpaired) electrons. The molecule has 2 heterocycles. The second kappa shape index (κ2) is 6.56. The van der Waals surface area contributed by atoms with Crippen molar-refractivity contribution in [1.29, 1.82) is 0 Å². The Morgan fingerprint density at radius 2 is 2.24 bits per heavy atom. The van der Waals surface area contributed by atoms with Crippen LogP contribution < -0.4 is 5.32 Å². The van der Waals surface area contributed by atoms with Crippen LogP contribution in [-0.2, 0) is 16.6 Å². The Kier molecular flexibility index (Phi) is 4.98. The van der Waals surface area contributed by atoms with E-state index in [-0.39, 0.29) is 11.3 Å². The van der Waals surface area contributed by atoms with Crippen molar-refractivity contribution in [1.82, 2.24) is 20.4 Å². The highest BCUT2D eigenvalue weighted by Gasteiger charge is 2.22. The molecule has 1 aromatic rings. The van der Waals surface area contributed by atoms with Crippen molar-refractivity contribution in [3.05, 3.63) is 11.7 Å². The molecule has 1 aliphatic heterocycles. The van der Waals surface area contributed by atoms with Gasteiger partial charge < -0.3 is 14.7 Å². The van der Waals surface area contributed by atoms with Crippen LogP contribution in [0.1, 0.15) is 52.3 Å². The van der Waals surface area contributed by atoms with E-state index in [0.717, 1.165) is 31.9 Å². The summed E-state index contributed by atoms with van der Waals surface area (Å²) in [6.45, 7) is 10.7. The van der Waals surface area contributed by atoms with Gasteiger partial charge >= 0.3 is 0 Å². The van der Waals surface area contributed by atoms with Gasteiger partial charge in [0.05, 0.1) is 0 Å². The van der Waals surface area contributed by atoms with Crippen LogP contribution in [0.15, 0.2) is 4.52 Å². The molecule has 0 bridgehead atoms. The number of carbonyl (C=O) groups is 1. The lowest BCUT2D eigenvalue weighted by molar-refractivity contribution is -0.132. The Morgan fingerprint density at radius 3 is 2.86 bits per heavy atom. The number of hydrogen-bond donors (Lipinski definition) is 1. The maximum atomic E-state index is 12.1. The van der Waals surface area contributed by atoms with E-state index in [0.29, 0.717) is 24.8 Å². The topological polar surface area (TPSA) is 71.3 Å². The zero-order chi connectivity index (χ0) is 15.5. The van der Waals surface area contributed by atoms with Crippen molar-refractivity contribution in [3.8, 4) is 0 Å². The van der Waals surface area contributed by atoms with Crippen LogP contribution in [0, 0.1) is 0 Å². The lowest BCUT2D eigenvalue weighted by atomic mass is 9.96. The lowest BCUT2D eigenvalue weighted by Crippen LogP contribution is -2.51. The minimum atomic E-state index is -0.103. The minimum Gasteiger partial charge on any atom is -0.340 e. The zero-order valence-corrected chi connectivity index (χ0v) is 13.5. The van der Waals surface area contributed by atoms with E-state index < -0.39 is 0 Å². The first-order valence-electron chi connectivity index (χ1n) is 7.70. The van der Waals surface area contributed by atoms with Crippen LogP contribution in [0.4, 0.5) is 0 Å². The highest BCUT2D eigenvalue weighted by atomic mass is 16.5. The Morgan fingerprint density at radius 1 is 1.48 bits per heavy atom. The molecule has 1 aliphatic rings. The molecule has 2 rings (SSSR count). The maximum Gasteiger partial charge on any atom is 0.226 e. The minimum absolute atomic E-state index is 0.103. The predicted octanol–water partition coefficient (Wildman–Crippen LogP) is 1.51. The van der Waals surface area contributed by atoms with Crippen molar-refractivity contribution >= 4 is 5.91 Å². The first-order chi connectivity index (χ1) is 9.86. The zero-order valence-electron chi connectivity index (χ0n) is 13.5. The van der Waals surface area contributed by atoms with Gasteiger partial charge in [-0.15, -0.1) is 0 Å². The number of piperazine rings is 1. The molecule has 1 unspecified atom stereocenters. The monoisotopic (exact) mass is 294 g/mol. The highest BCUT2D eigenvalue weighted by molar-refractivity contribution is 5.76. The van der Waals surface area contributed by atoms with Gasteiger partial charge in [0.1, 0.15) is 0 Å². The molecule has 21 heavy (non-hydrogen) atoms. The van der Waals surface area contributed by atoms with Crippen LogP contribution in [0.3, 0.4) is 0 Å². The van der Waals surface area contributed by atoms with E-state index in [1.54, 1.807) is 0 Å². The van der Waals surface area contributed by atoms with Gasteiger partial charge in [-0.1, -0.05) is 25.9 Å². The second-order valence-electron chi connectivity index (χ2n) is 6.81. The molecule has 1 N–H and O–H groups in total. The smallest absolute Gasteiger partial charge is 0.226 e. The molecule has 1 aromatic heterocycles. The van der Waals surface area contributed by atoms with Gasteiger partial charge in [-0.3, -0.25) is 4.79 Å². The summed E-state index contributed by atoms with van der Waals surface area (Å²) in [7, 11) is 0. The van der Waals surface area contributed by atoms with Gasteiger partial charge in [0.2, 0.25) is 11.8 Å². The van der Waals surface area contributed by atoms with E-state index in [1.165, 1.54) is 0 Å². The molecule has 118 valence electrons. The molecule has 1 fully saturated rings. The van der Waals surface area contributed by atoms with Crippen molar-refractivity contribution in [2.45, 2.75) is 58.4 Å². The molecule has 6 heteroatoms. The number of nitrogens with zero attached hydrogens (tertiary/aromatic N) is 3. The summed E-state index contributed by atoms with van der Waals surface area (Å²) in [6.07, 6.45) is 1.96. The fourth-order valence-corrected chi connectivity index (χ4v) is 2.37. The van der Waals surface area contributed by atoms with Crippen LogP contribution >= 0.6 is 0 Å². The van der Waals surface area contributed by atoms with Crippen LogP contribution in [0.5, 0.6) is 0 Å². The Bertz CT molecular complexity index is 478. The third-order valence-corrected chi connectivity index (χ3v) is 3.64. The van der Waals surface area contributed by atoms with E-state index >= 15 is 0 Å². The summed E-state index contributed by atoms with van der Waals surface area (Å²) < 4.78 is 5.24. The molecule has 0 aliphatic carbocycles. The fraction of sp³-hybridized carbons (Fsp3) is 0.800. The number of rotatable bonds is 4. The summed E-state index contributed by atoms with van der Waals surface area (Å²) in [4.78, 5) is 18.5. The molecule has 1 atom stereocenters. The first kappa shape index (κ1) is 15.9. The lowest BCUT2D eigenvalue weighted by Gasteiger charge is -2.31. The van der Waals surface area contributed by atoms with Crippen LogP contribution in [0.2, 0.25) is 0 Å². The number of nitrogens with one attached hydrogen (secondary N) is 1. The highest BCUT2D eigenvalue weighted by Crippen LogP contribution is 2.19. The normalized spacial score (nSPS) is 19.8. The Balaban J connectivity index is 1.76. The Hall–Kier alpha value is -1.43. The van der Waals surface area contributed by atoms with Crippen molar-refractivity contribution in [3.63, 3.8) is 0 Å². The van der Waals surface area contributed by atoms with Crippen molar-refractivity contribution in [2.24, 2.45) is 0 Å². The molecule has 0 saturated carbocycles. The summed E-state index contributed by atoms with van der Waals surface area (Å²) in [6, 6.07) is 0.382. The summed E-state index contributed by atoms with van der Waals surface area (Å²) in [5, 5.41) is 7.33. The largest absolute Gasteiger partial charge is 0.340 e. The Labute approximate surface area is 126 Å². The predicted molar refractivity (Wildman–Crippen MR) is 80.0 cm³/mol. The fourth-order valence-electron chi connectivity index (χ4n) is 2.37. The van der Waals surface area contributed by atoms with Crippen LogP contribution in [-0.4, -0.2) is 46.6 Å². The quantitative estimate of drug-likeness (QED) is 0.911. The molecule has 0 aromatic carbocycles. The SMILES string of the molecule is CC1CN(C(=O)CCCc2nc(C(C)(C)C)no2)CCN1. The molecule has 6 nitrogen and oxygen atoms in total. The van der Waals surface area contributed by atoms with E-state index in [2.05, 4.69) is 43.2 Å². The maximum absolute atomic E-state index is 12.1. The summed E-state index contributed by atoms with van der Waals surface area (Å²) in [5.74, 6) is 1.57. The summed E-state index contributed by atoms with van der Waals surface area (Å²) >= 11 is 0. The third kappa shape index (κ3) is 4.52. The average Bonchev–Trinajstić information content (AvgIpc) is 2.87. The van der Waals surface area contributed by atoms with Crippen molar-refractivity contribution < 1.29 is 9.32 Å². The van der Waals surface area contributed by atoms with Gasteiger partial charge in [0.25, 0.3) is 0 Å².